The number of pyridine rings is 1. The molecule has 0 amide bonds. The molecule has 128 valence electrons. The van der Waals surface area contributed by atoms with Gasteiger partial charge in [-0.25, -0.2) is 8.42 Å². The summed E-state index contributed by atoms with van der Waals surface area (Å²) >= 11 is 0. The molecule has 0 radical (unpaired) electrons. The van der Waals surface area contributed by atoms with Crippen LogP contribution in [0.1, 0.15) is 28.5 Å². The van der Waals surface area contributed by atoms with E-state index >= 15 is 0 Å². The predicted molar refractivity (Wildman–Crippen MR) is 82.4 cm³/mol. The van der Waals surface area contributed by atoms with Crippen LogP contribution in [0.5, 0.6) is 0 Å². The Morgan fingerprint density at radius 2 is 1.83 bits per heavy atom. The SMILES string of the molecule is O=S1(=O)C(c2ccccc2)CCN1Cc1cccnc1C(F)(F)F. The molecular weight excluding hydrogens is 341 g/mol. The Morgan fingerprint density at radius 1 is 1.12 bits per heavy atom. The van der Waals surface area contributed by atoms with Crippen molar-refractivity contribution in [3.05, 3.63) is 65.5 Å². The maximum Gasteiger partial charge on any atom is 0.433 e. The van der Waals surface area contributed by atoms with Crippen molar-refractivity contribution < 1.29 is 21.6 Å². The van der Waals surface area contributed by atoms with Crippen LogP contribution >= 0.6 is 0 Å². The maximum absolute atomic E-state index is 13.0. The highest BCUT2D eigenvalue weighted by Gasteiger charge is 2.41. The monoisotopic (exact) mass is 356 g/mol. The quantitative estimate of drug-likeness (QED) is 0.847. The van der Waals surface area contributed by atoms with Gasteiger partial charge in [-0.1, -0.05) is 36.4 Å². The molecule has 1 fully saturated rings. The summed E-state index contributed by atoms with van der Waals surface area (Å²) in [6, 6.07) is 11.4. The number of rotatable bonds is 3. The van der Waals surface area contributed by atoms with Crippen molar-refractivity contribution >= 4 is 10.0 Å². The fraction of sp³-hybridized carbons (Fsp3) is 0.312. The molecule has 1 aliphatic rings. The summed E-state index contributed by atoms with van der Waals surface area (Å²) in [5, 5.41) is -0.718. The third-order valence-corrected chi connectivity index (χ3v) is 6.30. The van der Waals surface area contributed by atoms with Gasteiger partial charge >= 0.3 is 6.18 Å². The molecule has 1 aromatic heterocycles. The number of benzene rings is 1. The van der Waals surface area contributed by atoms with Crippen LogP contribution in [0, 0.1) is 0 Å². The molecule has 1 saturated heterocycles. The molecule has 3 rings (SSSR count). The molecule has 0 aliphatic carbocycles. The fourth-order valence-electron chi connectivity index (χ4n) is 2.90. The third-order valence-electron chi connectivity index (χ3n) is 4.04. The standard InChI is InChI=1S/C16H15F3N2O2S/c17-16(18,19)15-13(7-4-9-20-15)11-21-10-8-14(24(21,22)23)12-5-2-1-3-6-12/h1-7,9,14H,8,10-11H2. The topological polar surface area (TPSA) is 50.3 Å². The van der Waals surface area contributed by atoms with Crippen LogP contribution in [-0.2, 0) is 22.7 Å². The summed E-state index contributed by atoms with van der Waals surface area (Å²) in [5.74, 6) is 0. The fourth-order valence-corrected chi connectivity index (χ4v) is 4.85. The van der Waals surface area contributed by atoms with Crippen molar-refractivity contribution in [1.82, 2.24) is 9.29 Å². The average Bonchev–Trinajstić information content (AvgIpc) is 2.82. The Balaban J connectivity index is 1.88. The van der Waals surface area contributed by atoms with E-state index in [1.54, 1.807) is 30.3 Å². The van der Waals surface area contributed by atoms with Crippen LogP contribution in [0.4, 0.5) is 13.2 Å². The third kappa shape index (κ3) is 3.16. The van der Waals surface area contributed by atoms with Gasteiger partial charge in [0.2, 0.25) is 10.0 Å². The molecular formula is C16H15F3N2O2S. The first-order valence-electron chi connectivity index (χ1n) is 7.35. The Kier molecular flexibility index (Phi) is 4.35. The second kappa shape index (κ2) is 6.18. The summed E-state index contributed by atoms with van der Waals surface area (Å²) < 4.78 is 65.6. The molecule has 4 nitrogen and oxygen atoms in total. The molecule has 24 heavy (non-hydrogen) atoms. The summed E-state index contributed by atoms with van der Waals surface area (Å²) in [6.45, 7) is -0.136. The maximum atomic E-state index is 13.0. The summed E-state index contributed by atoms with van der Waals surface area (Å²) in [6.07, 6.45) is -3.20. The minimum Gasteiger partial charge on any atom is -0.251 e. The zero-order chi connectivity index (χ0) is 17.4. The summed E-state index contributed by atoms with van der Waals surface area (Å²) in [5.41, 5.74) is -0.520. The van der Waals surface area contributed by atoms with Gasteiger partial charge in [0.25, 0.3) is 0 Å². The van der Waals surface area contributed by atoms with Gasteiger partial charge in [0.15, 0.2) is 0 Å². The van der Waals surface area contributed by atoms with Crippen LogP contribution in [0.25, 0.3) is 0 Å². The van der Waals surface area contributed by atoms with Gasteiger partial charge < -0.3 is 0 Å². The van der Waals surface area contributed by atoms with Crippen molar-refractivity contribution in [2.45, 2.75) is 24.4 Å². The molecule has 0 N–H and O–H groups in total. The zero-order valence-corrected chi connectivity index (χ0v) is 13.4. The smallest absolute Gasteiger partial charge is 0.251 e. The average molecular weight is 356 g/mol. The molecule has 0 spiro atoms. The number of hydrogen-bond acceptors (Lipinski definition) is 3. The Bertz CT molecular complexity index is 823. The number of hydrogen-bond donors (Lipinski definition) is 0. The van der Waals surface area contributed by atoms with E-state index in [0.29, 0.717) is 12.0 Å². The normalized spacial score (nSPS) is 21.0. The second-order valence-electron chi connectivity index (χ2n) is 5.58. The Labute approximate surface area is 138 Å². The number of alkyl halides is 3. The minimum atomic E-state index is -4.61. The highest BCUT2D eigenvalue weighted by molar-refractivity contribution is 7.89. The van der Waals surface area contributed by atoms with E-state index in [4.69, 9.17) is 0 Å². The van der Waals surface area contributed by atoms with Gasteiger partial charge in [-0.3, -0.25) is 4.98 Å². The number of sulfonamides is 1. The van der Waals surface area contributed by atoms with Gasteiger partial charge in [-0.2, -0.15) is 17.5 Å². The molecule has 8 heteroatoms. The van der Waals surface area contributed by atoms with Crippen molar-refractivity contribution in [1.29, 1.82) is 0 Å². The zero-order valence-electron chi connectivity index (χ0n) is 12.6. The Morgan fingerprint density at radius 3 is 2.50 bits per heavy atom. The van der Waals surface area contributed by atoms with Gasteiger partial charge in [-0.15, -0.1) is 0 Å². The van der Waals surface area contributed by atoms with Crippen molar-refractivity contribution in [3.63, 3.8) is 0 Å². The summed E-state index contributed by atoms with van der Waals surface area (Å²) in [7, 11) is -3.70. The molecule has 0 bridgehead atoms. The first-order valence-corrected chi connectivity index (χ1v) is 8.85. The molecule has 1 aliphatic heterocycles. The lowest BCUT2D eigenvalue weighted by Crippen LogP contribution is -2.28. The predicted octanol–water partition coefficient (Wildman–Crippen LogP) is 3.38. The van der Waals surface area contributed by atoms with Gasteiger partial charge in [-0.05, 0) is 23.6 Å². The van der Waals surface area contributed by atoms with Crippen LogP contribution < -0.4 is 0 Å². The first-order chi connectivity index (χ1) is 11.3. The van der Waals surface area contributed by atoms with Gasteiger partial charge in [0.1, 0.15) is 10.9 Å². The molecule has 1 aromatic carbocycles. The van der Waals surface area contributed by atoms with E-state index in [0.717, 1.165) is 10.5 Å². The second-order valence-corrected chi connectivity index (χ2v) is 7.69. The van der Waals surface area contributed by atoms with E-state index < -0.39 is 27.1 Å². The van der Waals surface area contributed by atoms with Crippen LogP contribution in [0.15, 0.2) is 48.7 Å². The van der Waals surface area contributed by atoms with E-state index in [9.17, 15) is 21.6 Å². The molecule has 1 atom stereocenters. The van der Waals surface area contributed by atoms with Crippen LogP contribution in [0.2, 0.25) is 0 Å². The lowest BCUT2D eigenvalue weighted by Gasteiger charge is -2.19. The number of nitrogens with zero attached hydrogens (tertiary/aromatic N) is 2. The summed E-state index contributed by atoms with van der Waals surface area (Å²) in [4.78, 5) is 3.37. The number of aromatic nitrogens is 1. The highest BCUT2D eigenvalue weighted by Crippen LogP contribution is 2.37. The van der Waals surface area contributed by atoms with Crippen LogP contribution in [0.3, 0.4) is 0 Å². The minimum absolute atomic E-state index is 0.137. The highest BCUT2D eigenvalue weighted by atomic mass is 32.2. The lowest BCUT2D eigenvalue weighted by atomic mass is 10.1. The Hall–Kier alpha value is -1.93. The van der Waals surface area contributed by atoms with Crippen molar-refractivity contribution in [3.8, 4) is 0 Å². The van der Waals surface area contributed by atoms with E-state index in [2.05, 4.69) is 4.98 Å². The van der Waals surface area contributed by atoms with Gasteiger partial charge in [0, 0.05) is 19.3 Å². The number of halogens is 3. The molecule has 2 heterocycles. The van der Waals surface area contributed by atoms with Crippen molar-refractivity contribution in [2.24, 2.45) is 0 Å². The van der Waals surface area contributed by atoms with Crippen molar-refractivity contribution in [2.75, 3.05) is 6.54 Å². The van der Waals surface area contributed by atoms with E-state index in [-0.39, 0.29) is 18.7 Å². The van der Waals surface area contributed by atoms with E-state index in [1.807, 2.05) is 0 Å². The lowest BCUT2D eigenvalue weighted by molar-refractivity contribution is -0.142. The van der Waals surface area contributed by atoms with E-state index in [1.165, 1.54) is 12.1 Å². The molecule has 2 aromatic rings. The van der Waals surface area contributed by atoms with Crippen LogP contribution in [-0.4, -0.2) is 24.3 Å². The largest absolute Gasteiger partial charge is 0.433 e. The first kappa shape index (κ1) is 16.9. The molecule has 1 unspecified atom stereocenters. The van der Waals surface area contributed by atoms with Gasteiger partial charge in [0.05, 0.1) is 0 Å². The molecule has 0 saturated carbocycles.